The minimum atomic E-state index is -0.194. The van der Waals surface area contributed by atoms with Gasteiger partial charge in [0, 0.05) is 6.61 Å². The molecule has 0 spiro atoms. The SMILES string of the molecule is CCCCOCCOC(=O)C1CCCC(C(=O)OCC(CC)CCCC)C1. The number of esters is 2. The van der Waals surface area contributed by atoms with Crippen LogP contribution in [0.4, 0.5) is 0 Å². The highest BCUT2D eigenvalue weighted by atomic mass is 16.6. The van der Waals surface area contributed by atoms with Gasteiger partial charge in [0.15, 0.2) is 0 Å². The molecule has 3 atom stereocenters. The molecule has 0 amide bonds. The number of rotatable bonds is 14. The molecule has 5 nitrogen and oxygen atoms in total. The van der Waals surface area contributed by atoms with Gasteiger partial charge in [-0.3, -0.25) is 9.59 Å². The van der Waals surface area contributed by atoms with E-state index in [1.165, 1.54) is 12.8 Å². The molecular weight excluding hydrogens is 344 g/mol. The number of unbranched alkanes of at least 4 members (excludes halogenated alkanes) is 2. The summed E-state index contributed by atoms with van der Waals surface area (Å²) < 4.78 is 16.3. The van der Waals surface area contributed by atoms with Crippen molar-refractivity contribution in [3.63, 3.8) is 0 Å². The molecule has 3 unspecified atom stereocenters. The largest absolute Gasteiger partial charge is 0.465 e. The number of ether oxygens (including phenoxy) is 3. The Morgan fingerprint density at radius 2 is 1.56 bits per heavy atom. The molecule has 158 valence electrons. The topological polar surface area (TPSA) is 61.8 Å². The standard InChI is InChI=1S/C22H40O5/c1-4-7-10-18(6-3)17-27-22(24)20-12-9-11-19(16-20)21(23)26-15-14-25-13-8-5-2/h18-20H,4-17H2,1-3H3. The van der Waals surface area contributed by atoms with Crippen LogP contribution in [0.5, 0.6) is 0 Å². The summed E-state index contributed by atoms with van der Waals surface area (Å²) in [5, 5.41) is 0. The Balaban J connectivity index is 2.29. The molecular formula is C22H40O5. The molecule has 0 aromatic heterocycles. The highest BCUT2D eigenvalue weighted by Crippen LogP contribution is 2.31. The van der Waals surface area contributed by atoms with Gasteiger partial charge in [-0.25, -0.2) is 0 Å². The fourth-order valence-electron chi connectivity index (χ4n) is 3.50. The second-order valence-corrected chi connectivity index (χ2v) is 7.74. The summed E-state index contributed by atoms with van der Waals surface area (Å²) in [7, 11) is 0. The van der Waals surface area contributed by atoms with Crippen LogP contribution in [0.1, 0.15) is 85.0 Å². The normalized spacial score (nSPS) is 20.9. The Morgan fingerprint density at radius 1 is 0.889 bits per heavy atom. The van der Waals surface area contributed by atoms with Crippen molar-refractivity contribution >= 4 is 11.9 Å². The van der Waals surface area contributed by atoms with Crippen molar-refractivity contribution in [2.45, 2.75) is 85.0 Å². The first-order valence-electron chi connectivity index (χ1n) is 11.0. The number of hydrogen-bond donors (Lipinski definition) is 0. The van der Waals surface area contributed by atoms with Crippen molar-refractivity contribution in [3.05, 3.63) is 0 Å². The van der Waals surface area contributed by atoms with Gasteiger partial charge in [0.2, 0.25) is 0 Å². The Hall–Kier alpha value is -1.10. The maximum Gasteiger partial charge on any atom is 0.309 e. The molecule has 0 heterocycles. The molecule has 0 bridgehead atoms. The van der Waals surface area contributed by atoms with E-state index in [1.807, 2.05) is 0 Å². The zero-order valence-corrected chi connectivity index (χ0v) is 17.7. The van der Waals surface area contributed by atoms with Gasteiger partial charge in [0.05, 0.1) is 25.0 Å². The van der Waals surface area contributed by atoms with Crippen molar-refractivity contribution in [1.82, 2.24) is 0 Å². The molecule has 1 saturated carbocycles. The highest BCUT2D eigenvalue weighted by molar-refractivity contribution is 5.76. The minimum absolute atomic E-state index is 0.134. The van der Waals surface area contributed by atoms with Crippen LogP contribution >= 0.6 is 0 Å². The average Bonchev–Trinajstić information content (AvgIpc) is 2.70. The lowest BCUT2D eigenvalue weighted by Crippen LogP contribution is -2.31. The second kappa shape index (κ2) is 14.9. The first-order valence-corrected chi connectivity index (χ1v) is 11.0. The van der Waals surface area contributed by atoms with E-state index < -0.39 is 0 Å². The third-order valence-electron chi connectivity index (χ3n) is 5.46. The van der Waals surface area contributed by atoms with E-state index in [2.05, 4.69) is 20.8 Å². The molecule has 1 fully saturated rings. The number of carbonyl (C=O) groups is 2. The zero-order valence-electron chi connectivity index (χ0n) is 17.7. The Kier molecular flexibility index (Phi) is 13.2. The summed E-state index contributed by atoms with van der Waals surface area (Å²) >= 11 is 0. The van der Waals surface area contributed by atoms with E-state index in [9.17, 15) is 9.59 Å². The molecule has 0 N–H and O–H groups in total. The van der Waals surface area contributed by atoms with Gasteiger partial charge in [-0.1, -0.05) is 52.9 Å². The maximum absolute atomic E-state index is 12.4. The lowest BCUT2D eigenvalue weighted by molar-refractivity contribution is -0.156. The zero-order chi connectivity index (χ0) is 19.9. The van der Waals surface area contributed by atoms with E-state index in [1.54, 1.807) is 0 Å². The lowest BCUT2D eigenvalue weighted by Gasteiger charge is -2.27. The first kappa shape index (κ1) is 23.9. The fraction of sp³-hybridized carbons (Fsp3) is 0.909. The summed E-state index contributed by atoms with van der Waals surface area (Å²) in [6, 6.07) is 0. The van der Waals surface area contributed by atoms with Crippen LogP contribution in [0.25, 0.3) is 0 Å². The molecule has 0 aliphatic heterocycles. The van der Waals surface area contributed by atoms with Crippen molar-refractivity contribution in [1.29, 1.82) is 0 Å². The first-order chi connectivity index (χ1) is 13.1. The van der Waals surface area contributed by atoms with Crippen molar-refractivity contribution in [2.24, 2.45) is 17.8 Å². The lowest BCUT2D eigenvalue weighted by atomic mass is 9.81. The monoisotopic (exact) mass is 384 g/mol. The molecule has 0 radical (unpaired) electrons. The van der Waals surface area contributed by atoms with E-state index in [-0.39, 0.29) is 23.8 Å². The quantitative estimate of drug-likeness (QED) is 0.314. The van der Waals surface area contributed by atoms with E-state index in [4.69, 9.17) is 14.2 Å². The van der Waals surface area contributed by atoms with Crippen LogP contribution in [0.15, 0.2) is 0 Å². The van der Waals surface area contributed by atoms with Crippen LogP contribution in [0.2, 0.25) is 0 Å². The predicted octanol–water partition coefficient (Wildman–Crippen LogP) is 4.91. The minimum Gasteiger partial charge on any atom is -0.465 e. The van der Waals surface area contributed by atoms with Crippen LogP contribution in [0, 0.1) is 17.8 Å². The second-order valence-electron chi connectivity index (χ2n) is 7.74. The molecule has 0 aromatic rings. The summed E-state index contributed by atoms with van der Waals surface area (Å²) in [5.74, 6) is -0.230. The maximum atomic E-state index is 12.4. The van der Waals surface area contributed by atoms with Crippen LogP contribution < -0.4 is 0 Å². The Bertz CT molecular complexity index is 410. The van der Waals surface area contributed by atoms with Crippen LogP contribution in [0.3, 0.4) is 0 Å². The Morgan fingerprint density at radius 3 is 2.19 bits per heavy atom. The van der Waals surface area contributed by atoms with Crippen LogP contribution in [-0.2, 0) is 23.8 Å². The Labute approximate surface area is 165 Å². The van der Waals surface area contributed by atoms with E-state index in [0.717, 1.165) is 44.9 Å². The third kappa shape index (κ3) is 10.1. The van der Waals surface area contributed by atoms with Gasteiger partial charge in [0.25, 0.3) is 0 Å². The van der Waals surface area contributed by atoms with Crippen molar-refractivity contribution < 1.29 is 23.8 Å². The van der Waals surface area contributed by atoms with E-state index >= 15 is 0 Å². The summed E-state index contributed by atoms with van der Waals surface area (Å²) in [5.41, 5.74) is 0. The summed E-state index contributed by atoms with van der Waals surface area (Å²) in [6.45, 7) is 8.40. The predicted molar refractivity (Wildman–Crippen MR) is 106 cm³/mol. The highest BCUT2D eigenvalue weighted by Gasteiger charge is 2.33. The molecule has 0 saturated heterocycles. The number of hydrogen-bond acceptors (Lipinski definition) is 5. The van der Waals surface area contributed by atoms with Gasteiger partial charge in [-0.2, -0.15) is 0 Å². The average molecular weight is 385 g/mol. The van der Waals surface area contributed by atoms with Gasteiger partial charge in [-0.05, 0) is 38.0 Å². The number of carbonyl (C=O) groups excluding carboxylic acids is 2. The molecule has 1 aliphatic carbocycles. The van der Waals surface area contributed by atoms with Crippen molar-refractivity contribution in [3.8, 4) is 0 Å². The van der Waals surface area contributed by atoms with Gasteiger partial charge < -0.3 is 14.2 Å². The van der Waals surface area contributed by atoms with Crippen LogP contribution in [-0.4, -0.2) is 38.4 Å². The smallest absolute Gasteiger partial charge is 0.309 e. The fourth-order valence-corrected chi connectivity index (χ4v) is 3.50. The molecule has 1 rings (SSSR count). The molecule has 0 aromatic carbocycles. The van der Waals surface area contributed by atoms with Crippen molar-refractivity contribution in [2.75, 3.05) is 26.4 Å². The van der Waals surface area contributed by atoms with Gasteiger partial charge in [-0.15, -0.1) is 0 Å². The van der Waals surface area contributed by atoms with Gasteiger partial charge in [0.1, 0.15) is 6.61 Å². The summed E-state index contributed by atoms with van der Waals surface area (Å²) in [4.78, 5) is 24.7. The van der Waals surface area contributed by atoms with E-state index in [0.29, 0.717) is 38.8 Å². The summed E-state index contributed by atoms with van der Waals surface area (Å²) in [6.07, 6.45) is 9.65. The molecule has 27 heavy (non-hydrogen) atoms. The third-order valence-corrected chi connectivity index (χ3v) is 5.46. The molecule has 5 heteroatoms. The van der Waals surface area contributed by atoms with Gasteiger partial charge >= 0.3 is 11.9 Å². The molecule has 1 aliphatic rings.